The predicted molar refractivity (Wildman–Crippen MR) is 80.0 cm³/mol. The molecule has 1 aromatic carbocycles. The first-order chi connectivity index (χ1) is 9.76. The molecular formula is C14H17N3O2S. The van der Waals surface area contributed by atoms with Gasteiger partial charge in [0.05, 0.1) is 10.2 Å². The molecule has 2 aromatic rings. The number of aromatic nitrogens is 1. The van der Waals surface area contributed by atoms with Gasteiger partial charge in [-0.3, -0.25) is 5.32 Å². The number of likely N-dealkylation sites (tertiary alicyclic amines) is 1. The fourth-order valence-electron chi connectivity index (χ4n) is 2.41. The molecule has 1 aliphatic rings. The second-order valence-corrected chi connectivity index (χ2v) is 6.06. The van der Waals surface area contributed by atoms with Gasteiger partial charge in [-0.2, -0.15) is 0 Å². The average molecular weight is 291 g/mol. The van der Waals surface area contributed by atoms with Gasteiger partial charge in [0.1, 0.15) is 0 Å². The number of nitrogens with zero attached hydrogens (tertiary/aromatic N) is 2. The fourth-order valence-corrected chi connectivity index (χ4v) is 3.27. The highest BCUT2D eigenvalue weighted by Crippen LogP contribution is 2.26. The van der Waals surface area contributed by atoms with Gasteiger partial charge in [0.15, 0.2) is 5.13 Å². The molecule has 5 nitrogen and oxygen atoms in total. The number of aliphatic hydroxyl groups is 1. The molecule has 0 bridgehead atoms. The summed E-state index contributed by atoms with van der Waals surface area (Å²) in [7, 11) is 0. The minimum absolute atomic E-state index is 0.0968. The van der Waals surface area contributed by atoms with Crippen LogP contribution in [0.5, 0.6) is 0 Å². The summed E-state index contributed by atoms with van der Waals surface area (Å²) in [6.07, 6.45) is 1.73. The Labute approximate surface area is 121 Å². The predicted octanol–water partition coefficient (Wildman–Crippen LogP) is 2.53. The zero-order valence-corrected chi connectivity index (χ0v) is 11.9. The van der Waals surface area contributed by atoms with Gasteiger partial charge in [-0.1, -0.05) is 23.5 Å². The van der Waals surface area contributed by atoms with Crippen molar-refractivity contribution in [3.8, 4) is 0 Å². The van der Waals surface area contributed by atoms with E-state index in [2.05, 4.69) is 10.3 Å². The van der Waals surface area contributed by atoms with Crippen molar-refractivity contribution in [3.05, 3.63) is 24.3 Å². The number of fused-ring (bicyclic) bond motifs is 1. The van der Waals surface area contributed by atoms with E-state index in [1.807, 2.05) is 24.3 Å². The first-order valence-electron chi connectivity index (χ1n) is 6.78. The highest BCUT2D eigenvalue weighted by atomic mass is 32.1. The van der Waals surface area contributed by atoms with Crippen molar-refractivity contribution in [1.82, 2.24) is 9.88 Å². The number of aliphatic hydroxyl groups excluding tert-OH is 1. The van der Waals surface area contributed by atoms with Crippen LogP contribution in [0.15, 0.2) is 24.3 Å². The summed E-state index contributed by atoms with van der Waals surface area (Å²) in [4.78, 5) is 18.3. The molecule has 3 rings (SSSR count). The summed E-state index contributed by atoms with van der Waals surface area (Å²) in [5, 5.41) is 12.6. The Morgan fingerprint density at radius 1 is 1.40 bits per heavy atom. The Balaban J connectivity index is 1.64. The summed E-state index contributed by atoms with van der Waals surface area (Å²) in [6, 6.07) is 7.74. The highest BCUT2D eigenvalue weighted by Gasteiger charge is 2.22. The third kappa shape index (κ3) is 2.76. The van der Waals surface area contributed by atoms with Crippen LogP contribution in [0.1, 0.15) is 12.8 Å². The summed E-state index contributed by atoms with van der Waals surface area (Å²) in [5.74, 6) is 0.335. The summed E-state index contributed by atoms with van der Waals surface area (Å²) in [6.45, 7) is 1.61. The Morgan fingerprint density at radius 3 is 2.85 bits per heavy atom. The number of carbonyl (C=O) groups is 1. The molecule has 0 saturated carbocycles. The van der Waals surface area contributed by atoms with Gasteiger partial charge in [-0.25, -0.2) is 9.78 Å². The molecule has 6 heteroatoms. The summed E-state index contributed by atoms with van der Waals surface area (Å²) >= 11 is 1.48. The molecule has 0 unspecified atom stereocenters. The SMILES string of the molecule is O=C(Nc1nc2ccccc2s1)N1CCC(CO)CC1. The minimum Gasteiger partial charge on any atom is -0.396 e. The Bertz CT molecular complexity index is 572. The van der Waals surface area contributed by atoms with E-state index in [0.717, 1.165) is 23.1 Å². The van der Waals surface area contributed by atoms with Crippen molar-refractivity contribution in [3.63, 3.8) is 0 Å². The first kappa shape index (κ1) is 13.3. The number of piperidine rings is 1. The van der Waals surface area contributed by atoms with Crippen LogP contribution in [0.4, 0.5) is 9.93 Å². The molecule has 1 fully saturated rings. The van der Waals surface area contributed by atoms with Crippen molar-refractivity contribution in [2.45, 2.75) is 12.8 Å². The van der Waals surface area contributed by atoms with Gasteiger partial charge in [0.25, 0.3) is 0 Å². The molecule has 2 heterocycles. The standard InChI is InChI=1S/C14H17N3O2S/c18-9-10-5-7-17(8-6-10)14(19)16-13-15-11-3-1-2-4-12(11)20-13/h1-4,10,18H,5-9H2,(H,15,16,19). The molecule has 1 saturated heterocycles. The largest absolute Gasteiger partial charge is 0.396 e. The van der Waals surface area contributed by atoms with Gasteiger partial charge in [-0.15, -0.1) is 0 Å². The van der Waals surface area contributed by atoms with E-state index in [9.17, 15) is 4.79 Å². The van der Waals surface area contributed by atoms with Gasteiger partial charge < -0.3 is 10.0 Å². The number of para-hydroxylation sites is 1. The Kier molecular flexibility index (Phi) is 3.84. The maximum Gasteiger partial charge on any atom is 0.323 e. The lowest BCUT2D eigenvalue weighted by Gasteiger charge is -2.30. The van der Waals surface area contributed by atoms with E-state index < -0.39 is 0 Å². The monoisotopic (exact) mass is 291 g/mol. The van der Waals surface area contributed by atoms with Crippen molar-refractivity contribution in [2.24, 2.45) is 5.92 Å². The Morgan fingerprint density at radius 2 is 2.15 bits per heavy atom. The third-order valence-electron chi connectivity index (χ3n) is 3.67. The van der Waals surface area contributed by atoms with Crippen LogP contribution in [0.2, 0.25) is 0 Å². The number of carbonyl (C=O) groups excluding carboxylic acids is 1. The number of hydrogen-bond acceptors (Lipinski definition) is 4. The number of thiazole rings is 1. The van der Waals surface area contributed by atoms with Crippen LogP contribution >= 0.6 is 11.3 Å². The zero-order valence-electron chi connectivity index (χ0n) is 11.1. The molecule has 0 spiro atoms. The lowest BCUT2D eigenvalue weighted by molar-refractivity contribution is 0.143. The maximum atomic E-state index is 12.2. The smallest absolute Gasteiger partial charge is 0.323 e. The topological polar surface area (TPSA) is 65.5 Å². The second kappa shape index (κ2) is 5.76. The molecule has 1 aliphatic heterocycles. The van der Waals surface area contributed by atoms with Crippen LogP contribution < -0.4 is 5.32 Å². The fraction of sp³-hybridized carbons (Fsp3) is 0.429. The van der Waals surface area contributed by atoms with Crippen LogP contribution in [-0.4, -0.2) is 40.7 Å². The molecule has 20 heavy (non-hydrogen) atoms. The number of hydrogen-bond donors (Lipinski definition) is 2. The summed E-state index contributed by atoms with van der Waals surface area (Å²) < 4.78 is 1.07. The number of urea groups is 1. The maximum absolute atomic E-state index is 12.2. The second-order valence-electron chi connectivity index (χ2n) is 5.03. The van der Waals surface area contributed by atoms with Crippen LogP contribution in [0.25, 0.3) is 10.2 Å². The molecular weight excluding hydrogens is 274 g/mol. The number of rotatable bonds is 2. The number of benzene rings is 1. The molecule has 2 N–H and O–H groups in total. The molecule has 106 valence electrons. The van der Waals surface area contributed by atoms with E-state index in [1.165, 1.54) is 11.3 Å². The van der Waals surface area contributed by atoms with Crippen LogP contribution in [-0.2, 0) is 0 Å². The van der Waals surface area contributed by atoms with Gasteiger partial charge in [0.2, 0.25) is 0 Å². The van der Waals surface area contributed by atoms with E-state index in [-0.39, 0.29) is 12.6 Å². The summed E-state index contributed by atoms with van der Waals surface area (Å²) in [5.41, 5.74) is 0.909. The van der Waals surface area contributed by atoms with Crippen LogP contribution in [0.3, 0.4) is 0 Å². The molecule has 0 radical (unpaired) electrons. The molecule has 0 atom stereocenters. The Hall–Kier alpha value is -1.66. The van der Waals surface area contributed by atoms with Crippen molar-refractivity contribution >= 4 is 32.7 Å². The van der Waals surface area contributed by atoms with Crippen molar-refractivity contribution < 1.29 is 9.90 Å². The number of amides is 2. The van der Waals surface area contributed by atoms with E-state index in [0.29, 0.717) is 24.1 Å². The molecule has 1 aromatic heterocycles. The minimum atomic E-state index is -0.0968. The molecule has 2 amide bonds. The number of nitrogens with one attached hydrogen (secondary N) is 1. The lowest BCUT2D eigenvalue weighted by Crippen LogP contribution is -2.41. The zero-order chi connectivity index (χ0) is 13.9. The average Bonchev–Trinajstić information content (AvgIpc) is 2.89. The highest BCUT2D eigenvalue weighted by molar-refractivity contribution is 7.22. The van der Waals surface area contributed by atoms with Gasteiger partial charge in [-0.05, 0) is 30.9 Å². The van der Waals surface area contributed by atoms with Crippen LogP contribution in [0, 0.1) is 5.92 Å². The number of anilines is 1. The van der Waals surface area contributed by atoms with E-state index in [4.69, 9.17) is 5.11 Å². The lowest BCUT2D eigenvalue weighted by atomic mass is 9.98. The molecule has 0 aliphatic carbocycles. The van der Waals surface area contributed by atoms with Crippen molar-refractivity contribution in [2.75, 3.05) is 25.0 Å². The van der Waals surface area contributed by atoms with E-state index >= 15 is 0 Å². The third-order valence-corrected chi connectivity index (χ3v) is 4.62. The van der Waals surface area contributed by atoms with Gasteiger partial charge in [0, 0.05) is 19.7 Å². The van der Waals surface area contributed by atoms with E-state index in [1.54, 1.807) is 4.90 Å². The normalized spacial score (nSPS) is 16.6. The first-order valence-corrected chi connectivity index (χ1v) is 7.60. The van der Waals surface area contributed by atoms with Crippen molar-refractivity contribution in [1.29, 1.82) is 0 Å². The quantitative estimate of drug-likeness (QED) is 0.893. The van der Waals surface area contributed by atoms with Gasteiger partial charge >= 0.3 is 6.03 Å².